The molecule has 0 aromatic carbocycles. The van der Waals surface area contributed by atoms with Crippen LogP contribution in [-0.2, 0) is 0 Å². The monoisotopic (exact) mass is 147 g/mol. The van der Waals surface area contributed by atoms with Crippen LogP contribution in [0.4, 0.5) is 0 Å². The maximum Gasteiger partial charge on any atom is 2.00 e. The van der Waals surface area contributed by atoms with Gasteiger partial charge in [0.1, 0.15) is 0 Å². The molecule has 5 heavy (non-hydrogen) atoms. The van der Waals surface area contributed by atoms with Gasteiger partial charge in [0, 0.05) is 0 Å². The Morgan fingerprint density at radius 2 is 0.800 bits per heavy atom. The first-order valence-corrected chi connectivity index (χ1v) is 0. The molecule has 0 rings (SSSR count). The van der Waals surface area contributed by atoms with Crippen LogP contribution in [-0.4, -0.2) is 23.1 Å². The third-order valence-corrected chi connectivity index (χ3v) is 0. The van der Waals surface area contributed by atoms with Crippen LogP contribution in [0.2, 0.25) is 0 Å². The van der Waals surface area contributed by atoms with Gasteiger partial charge in [0.2, 0.25) is 0 Å². The average Bonchev–Trinajstić information content (AvgIpc) is 0. The molecule has 32 valence electrons. The molecule has 0 fully saturated rings. The van der Waals surface area contributed by atoms with Gasteiger partial charge in [0.15, 0.2) is 0 Å². The maximum absolute atomic E-state index is 0. The van der Waals surface area contributed by atoms with E-state index in [0.717, 1.165) is 0 Å². The van der Waals surface area contributed by atoms with Crippen LogP contribution in [0, 0.1) is 0 Å². The Kier molecular flexibility index (Phi) is 752. The summed E-state index contributed by atoms with van der Waals surface area (Å²) in [4.78, 5) is 0. The molecule has 5 heteroatoms. The van der Waals surface area contributed by atoms with E-state index in [0.29, 0.717) is 0 Å². The Morgan fingerprint density at radius 1 is 0.800 bits per heavy atom. The molecule has 0 aliphatic rings. The van der Waals surface area contributed by atoms with Crippen LogP contribution < -0.4 is 31.0 Å². The van der Waals surface area contributed by atoms with Crippen LogP contribution in [0.25, 0.3) is 0 Å². The van der Waals surface area contributed by atoms with Crippen molar-refractivity contribution in [1.82, 2.24) is 6.15 Å². The first kappa shape index (κ1) is 81.1. The van der Waals surface area contributed by atoms with Gasteiger partial charge < -0.3 is 31.0 Å². The van der Waals surface area contributed by atoms with Crippen molar-refractivity contribution in [3.05, 3.63) is 0 Å². The van der Waals surface area contributed by atoms with E-state index in [1.165, 1.54) is 0 Å². The summed E-state index contributed by atoms with van der Waals surface area (Å²) in [7, 11) is 0. The summed E-state index contributed by atoms with van der Waals surface area (Å²) in [5.74, 6) is 0. The van der Waals surface area contributed by atoms with E-state index in [1.54, 1.807) is 0 Å². The van der Waals surface area contributed by atoms with Gasteiger partial charge >= 0.3 is 23.1 Å². The van der Waals surface area contributed by atoms with E-state index in [1.807, 2.05) is 0 Å². The molecule has 0 aromatic rings. The van der Waals surface area contributed by atoms with Gasteiger partial charge in [-0.25, -0.2) is 0 Å². The van der Waals surface area contributed by atoms with Crippen LogP contribution >= 0.6 is 12.4 Å². The van der Waals surface area contributed by atoms with E-state index < -0.39 is 0 Å². The number of halogens is 3. The fraction of sp³-hybridized carbons (Fsp3) is 0. The third kappa shape index (κ3) is 28.4. The van der Waals surface area contributed by atoms with Gasteiger partial charge in [-0.2, -0.15) is 0 Å². The molecule has 0 spiro atoms. The van der Waals surface area contributed by atoms with Crippen LogP contribution in [0.3, 0.4) is 0 Å². The number of hydrogen-bond donors (Lipinski definition) is 1. The van der Waals surface area contributed by atoms with Gasteiger partial charge in [-0.1, -0.05) is 0 Å². The molecule has 1 nitrogen and oxygen atoms in total. The van der Waals surface area contributed by atoms with Gasteiger partial charge in [0.25, 0.3) is 0 Å². The predicted octanol–water partition coefficient (Wildman–Crippen LogP) is -5.79. The second-order valence-corrected chi connectivity index (χ2v) is 0. The minimum Gasteiger partial charge on any atom is -1.00 e. The Bertz CT molecular complexity index is 6.85. The topological polar surface area (TPSA) is 35.0 Å². The zero-order chi connectivity index (χ0) is 0. The summed E-state index contributed by atoms with van der Waals surface area (Å²) in [6, 6.07) is 0. The zero-order valence-corrected chi connectivity index (χ0v) is 6.32. The molecule has 0 aromatic heterocycles. The van der Waals surface area contributed by atoms with Gasteiger partial charge in [-0.15, -0.1) is 12.4 Å². The predicted molar refractivity (Wildman–Crippen MR) is 18.0 cm³/mol. The van der Waals surface area contributed by atoms with Crippen molar-refractivity contribution >= 4 is 35.5 Å². The number of hydrogen-bond acceptors (Lipinski definition) is 1. The summed E-state index contributed by atoms with van der Waals surface area (Å²) < 4.78 is 0. The van der Waals surface area contributed by atoms with Crippen molar-refractivity contribution in [1.29, 1.82) is 0 Å². The Balaban J connectivity index is 0. The van der Waals surface area contributed by atoms with E-state index >= 15 is 0 Å². The number of rotatable bonds is 0. The average molecular weight is 149 g/mol. The summed E-state index contributed by atoms with van der Waals surface area (Å²) >= 11 is 0. The van der Waals surface area contributed by atoms with Crippen molar-refractivity contribution in [2.75, 3.05) is 0 Å². The van der Waals surface area contributed by atoms with Crippen LogP contribution in [0.15, 0.2) is 0 Å². The molecule has 0 unspecified atom stereocenters. The molecule has 0 saturated heterocycles. The summed E-state index contributed by atoms with van der Waals surface area (Å²) in [5.41, 5.74) is 0. The second-order valence-electron chi connectivity index (χ2n) is 0. The van der Waals surface area contributed by atoms with E-state index in [2.05, 4.69) is 0 Å². The minimum absolute atomic E-state index is 0. The maximum atomic E-state index is 0. The van der Waals surface area contributed by atoms with Crippen molar-refractivity contribution in [2.45, 2.75) is 0 Å². The smallest absolute Gasteiger partial charge is 1.00 e. The fourth-order valence-corrected chi connectivity index (χ4v) is 0. The van der Waals surface area contributed by atoms with Crippen LogP contribution in [0.5, 0.6) is 0 Å². The third-order valence-electron chi connectivity index (χ3n) is 0. The molecule has 0 aliphatic heterocycles. The van der Waals surface area contributed by atoms with Crippen molar-refractivity contribution in [3.63, 3.8) is 0 Å². The summed E-state index contributed by atoms with van der Waals surface area (Å²) in [6.45, 7) is 0. The largest absolute Gasteiger partial charge is 2.00 e. The van der Waals surface area contributed by atoms with Gasteiger partial charge in [-0.05, 0) is 0 Å². The second kappa shape index (κ2) is 46.4. The van der Waals surface area contributed by atoms with Crippen molar-refractivity contribution in [3.8, 4) is 0 Å². The summed E-state index contributed by atoms with van der Waals surface area (Å²) in [5, 5.41) is 0. The van der Waals surface area contributed by atoms with E-state index in [-0.39, 0.29) is 66.4 Å². The fourth-order valence-electron chi connectivity index (χ4n) is 0. The molecule has 0 radical (unpaired) electrons. The van der Waals surface area contributed by atoms with Crippen molar-refractivity contribution in [2.24, 2.45) is 0 Å². The SMILES string of the molecule is Cl.N.[Cl-].[Cl-].[Mg+2]. The quantitative estimate of drug-likeness (QED) is 0.342. The first-order chi connectivity index (χ1) is 0. The Labute approximate surface area is 66.2 Å². The van der Waals surface area contributed by atoms with Gasteiger partial charge in [0.05, 0.1) is 0 Å². The Hall–Kier alpha value is 1.60. The first-order valence-electron chi connectivity index (χ1n) is 0. The standard InChI is InChI=1S/3ClH.Mg.H3N/h3*1H;;1H3/q;;;+2;/p-2. The van der Waals surface area contributed by atoms with E-state index in [4.69, 9.17) is 0 Å². The molecule has 0 aliphatic carbocycles. The molecule has 0 bridgehead atoms. The Morgan fingerprint density at radius 3 is 0.800 bits per heavy atom. The van der Waals surface area contributed by atoms with E-state index in [9.17, 15) is 0 Å². The molecule has 3 N–H and O–H groups in total. The molecule has 0 atom stereocenters. The molecular formula is H4Cl3MgN. The summed E-state index contributed by atoms with van der Waals surface area (Å²) in [6.07, 6.45) is 0. The van der Waals surface area contributed by atoms with Gasteiger partial charge in [-0.3, -0.25) is 0 Å². The zero-order valence-electron chi connectivity index (χ0n) is 2.58. The molecule has 0 saturated carbocycles. The molecule has 0 heterocycles. The normalized spacial score (nSPS) is 0. The molecule has 0 amide bonds. The van der Waals surface area contributed by atoms with Crippen LogP contribution in [0.1, 0.15) is 0 Å². The minimum atomic E-state index is 0. The molecular weight excluding hydrogens is 145 g/mol. The van der Waals surface area contributed by atoms with Crippen molar-refractivity contribution < 1.29 is 24.8 Å².